The van der Waals surface area contributed by atoms with Crippen molar-refractivity contribution in [2.45, 2.75) is 37.4 Å². The summed E-state index contributed by atoms with van der Waals surface area (Å²) in [4.78, 5) is 8.50. The first-order valence-corrected chi connectivity index (χ1v) is 12.9. The number of nitrogens with one attached hydrogen (secondary N) is 1. The van der Waals surface area contributed by atoms with Gasteiger partial charge in [-0.3, -0.25) is 4.98 Å². The smallest absolute Gasteiger partial charge is 0.161 e. The molecule has 2 N–H and O–H groups in total. The summed E-state index contributed by atoms with van der Waals surface area (Å²) in [7, 11) is -3.26. The van der Waals surface area contributed by atoms with Crippen molar-refractivity contribution in [2.75, 3.05) is 19.7 Å². The van der Waals surface area contributed by atoms with Crippen molar-refractivity contribution in [3.63, 3.8) is 0 Å². The van der Waals surface area contributed by atoms with Crippen molar-refractivity contribution in [1.29, 1.82) is 0 Å². The monoisotopic (exact) mass is 475 g/mol. The zero-order chi connectivity index (χ0) is 23.2. The predicted molar refractivity (Wildman–Crippen MR) is 127 cm³/mol. The summed E-state index contributed by atoms with van der Waals surface area (Å²) in [6.07, 6.45) is 2.72. The Bertz CT molecular complexity index is 1090. The van der Waals surface area contributed by atoms with Gasteiger partial charge in [0.25, 0.3) is 0 Å². The summed E-state index contributed by atoms with van der Waals surface area (Å²) < 4.78 is 29.7. The molecule has 3 rings (SSSR count). The van der Waals surface area contributed by atoms with E-state index in [4.69, 9.17) is 4.74 Å². The van der Waals surface area contributed by atoms with E-state index in [-0.39, 0.29) is 5.75 Å². The minimum absolute atomic E-state index is 0.0508. The maximum absolute atomic E-state index is 12.4. The topological polar surface area (TPSA) is 101 Å². The Labute approximate surface area is 193 Å². The lowest BCUT2D eigenvalue weighted by atomic mass is 10.1. The zero-order valence-electron chi connectivity index (χ0n) is 18.5. The Balaban J connectivity index is 1.46. The molecule has 0 fully saturated rings. The Hall–Kier alpha value is -2.33. The molecule has 0 amide bonds. The minimum Gasteiger partial charge on any atom is -0.492 e. The molecule has 0 radical (unpaired) electrons. The lowest BCUT2D eigenvalue weighted by Gasteiger charge is -2.17. The molecule has 0 aliphatic carbocycles. The lowest BCUT2D eigenvalue weighted by Crippen LogP contribution is -2.29. The summed E-state index contributed by atoms with van der Waals surface area (Å²) in [6, 6.07) is 11.2. The molecule has 0 unspecified atom stereocenters. The third-order valence-electron chi connectivity index (χ3n) is 4.90. The number of pyridine rings is 1. The molecule has 172 valence electrons. The van der Waals surface area contributed by atoms with E-state index in [0.29, 0.717) is 24.7 Å². The van der Waals surface area contributed by atoms with Crippen LogP contribution in [0, 0.1) is 0 Å². The molecular formula is C23H29N3O4S2. The van der Waals surface area contributed by atoms with Crippen molar-refractivity contribution >= 4 is 21.2 Å². The molecule has 0 aliphatic rings. The highest BCUT2D eigenvalue weighted by atomic mass is 32.2. The molecule has 3 aromatic rings. The number of ether oxygens (including phenoxy) is 1. The Morgan fingerprint density at radius 3 is 2.59 bits per heavy atom. The van der Waals surface area contributed by atoms with Crippen LogP contribution in [0.1, 0.15) is 37.4 Å². The molecule has 2 aromatic heterocycles. The first-order chi connectivity index (χ1) is 15.2. The van der Waals surface area contributed by atoms with Crippen molar-refractivity contribution in [1.82, 2.24) is 15.3 Å². The number of aromatic nitrogens is 2. The number of aliphatic hydroxyl groups is 1. The number of sulfone groups is 1. The van der Waals surface area contributed by atoms with E-state index < -0.39 is 20.7 Å². The summed E-state index contributed by atoms with van der Waals surface area (Å²) in [5.41, 5.74) is 2.44. The molecule has 0 spiro atoms. The van der Waals surface area contributed by atoms with Crippen LogP contribution < -0.4 is 10.1 Å². The average Bonchev–Trinajstić information content (AvgIpc) is 3.21. The lowest BCUT2D eigenvalue weighted by molar-refractivity contribution is 0.171. The molecular weight excluding hydrogens is 446 g/mol. The van der Waals surface area contributed by atoms with Crippen molar-refractivity contribution < 1.29 is 18.3 Å². The second kappa shape index (κ2) is 10.5. The first-order valence-electron chi connectivity index (χ1n) is 10.3. The molecule has 0 saturated carbocycles. The van der Waals surface area contributed by atoms with E-state index in [1.807, 2.05) is 35.7 Å². The van der Waals surface area contributed by atoms with Crippen molar-refractivity contribution in [3.05, 3.63) is 64.7 Å². The number of hydrogen-bond acceptors (Lipinski definition) is 8. The fourth-order valence-corrected chi connectivity index (χ4v) is 4.93. The number of hydrogen-bond donors (Lipinski definition) is 2. The van der Waals surface area contributed by atoms with E-state index in [1.165, 1.54) is 11.3 Å². The SMILES string of the molecule is CC(C)(C)S(=O)(=O)Cc1nc(-c2ccc(OCCNC[C@H](O)c3cccnc3)cc2)cs1. The van der Waals surface area contributed by atoms with Crippen LogP contribution in [0.2, 0.25) is 0 Å². The molecule has 9 heteroatoms. The highest BCUT2D eigenvalue weighted by molar-refractivity contribution is 7.92. The third-order valence-corrected chi connectivity index (χ3v) is 8.45. The van der Waals surface area contributed by atoms with Gasteiger partial charge in [0, 0.05) is 42.0 Å². The van der Waals surface area contributed by atoms with Gasteiger partial charge in [0.15, 0.2) is 9.84 Å². The average molecular weight is 476 g/mol. The van der Waals surface area contributed by atoms with Gasteiger partial charge < -0.3 is 15.2 Å². The quantitative estimate of drug-likeness (QED) is 0.432. The number of benzene rings is 1. The number of thiazole rings is 1. The Morgan fingerprint density at radius 1 is 1.19 bits per heavy atom. The molecule has 32 heavy (non-hydrogen) atoms. The standard InChI is InChI=1S/C23H29N3O4S2/c1-23(2,3)32(28,29)16-22-26-20(15-31-22)17-6-8-19(9-7-17)30-12-11-25-14-21(27)18-5-4-10-24-13-18/h4-10,13,15,21,25,27H,11-12,14,16H2,1-3H3/t21-/m0/s1. The van der Waals surface area contributed by atoms with Gasteiger partial charge >= 0.3 is 0 Å². The van der Waals surface area contributed by atoms with Gasteiger partial charge in [-0.2, -0.15) is 0 Å². The molecule has 0 saturated heterocycles. The van der Waals surface area contributed by atoms with E-state index >= 15 is 0 Å². The maximum atomic E-state index is 12.4. The minimum atomic E-state index is -3.26. The van der Waals surface area contributed by atoms with Crippen LogP contribution >= 0.6 is 11.3 Å². The maximum Gasteiger partial charge on any atom is 0.161 e. The highest BCUT2D eigenvalue weighted by Gasteiger charge is 2.30. The zero-order valence-corrected chi connectivity index (χ0v) is 20.1. The number of rotatable bonds is 10. The van der Waals surface area contributed by atoms with E-state index in [2.05, 4.69) is 15.3 Å². The predicted octanol–water partition coefficient (Wildman–Crippen LogP) is 3.62. The van der Waals surface area contributed by atoms with Gasteiger partial charge in [0.1, 0.15) is 23.1 Å². The van der Waals surface area contributed by atoms with Crippen molar-refractivity contribution in [3.8, 4) is 17.0 Å². The van der Waals surface area contributed by atoms with Gasteiger partial charge in [-0.1, -0.05) is 6.07 Å². The summed E-state index contributed by atoms with van der Waals surface area (Å²) in [5, 5.41) is 15.7. The first kappa shape index (κ1) is 24.3. The fraction of sp³-hybridized carbons (Fsp3) is 0.391. The Morgan fingerprint density at radius 2 is 1.94 bits per heavy atom. The van der Waals surface area contributed by atoms with Crippen LogP contribution in [0.15, 0.2) is 54.2 Å². The molecule has 1 aromatic carbocycles. The molecule has 7 nitrogen and oxygen atoms in total. The van der Waals surface area contributed by atoms with E-state index in [0.717, 1.165) is 22.6 Å². The normalized spacial score (nSPS) is 13.1. The number of nitrogens with zero attached hydrogens (tertiary/aromatic N) is 2. The van der Waals surface area contributed by atoms with Crippen LogP contribution in [-0.2, 0) is 15.6 Å². The second-order valence-corrected chi connectivity index (χ2v) is 12.1. The van der Waals surface area contributed by atoms with Crippen LogP contribution in [0.3, 0.4) is 0 Å². The second-order valence-electron chi connectivity index (χ2n) is 8.38. The fourth-order valence-electron chi connectivity index (χ4n) is 2.78. The van der Waals surface area contributed by atoms with E-state index in [1.54, 1.807) is 39.2 Å². The Kier molecular flexibility index (Phi) is 8.00. The summed E-state index contributed by atoms with van der Waals surface area (Å²) >= 11 is 1.36. The molecule has 2 heterocycles. The van der Waals surface area contributed by atoms with Gasteiger partial charge in [0.2, 0.25) is 0 Å². The van der Waals surface area contributed by atoms with Crippen LogP contribution in [0.25, 0.3) is 11.3 Å². The summed E-state index contributed by atoms with van der Waals surface area (Å²) in [6.45, 7) is 6.59. The van der Waals surface area contributed by atoms with Gasteiger partial charge in [-0.25, -0.2) is 13.4 Å². The molecule has 0 bridgehead atoms. The van der Waals surface area contributed by atoms with Crippen LogP contribution in [-0.4, -0.2) is 47.9 Å². The van der Waals surface area contributed by atoms with Crippen molar-refractivity contribution in [2.24, 2.45) is 0 Å². The third kappa shape index (κ3) is 6.59. The summed E-state index contributed by atoms with van der Waals surface area (Å²) in [5.74, 6) is 0.680. The largest absolute Gasteiger partial charge is 0.492 e. The van der Waals surface area contributed by atoms with Gasteiger partial charge in [-0.15, -0.1) is 11.3 Å². The molecule has 0 aliphatic heterocycles. The van der Waals surface area contributed by atoms with Gasteiger partial charge in [-0.05, 0) is 51.1 Å². The molecule has 1 atom stereocenters. The van der Waals surface area contributed by atoms with E-state index in [9.17, 15) is 13.5 Å². The van der Waals surface area contributed by atoms with Crippen LogP contribution in [0.4, 0.5) is 0 Å². The number of aliphatic hydroxyl groups excluding tert-OH is 1. The van der Waals surface area contributed by atoms with Crippen LogP contribution in [0.5, 0.6) is 5.75 Å². The van der Waals surface area contributed by atoms with Gasteiger partial charge in [0.05, 0.1) is 16.5 Å². The highest BCUT2D eigenvalue weighted by Crippen LogP contribution is 2.27.